The molecule has 2 rings (SSSR count). The van der Waals surface area contributed by atoms with E-state index in [4.69, 9.17) is 14.2 Å². The van der Waals surface area contributed by atoms with Gasteiger partial charge in [0.25, 0.3) is 0 Å². The van der Waals surface area contributed by atoms with Gasteiger partial charge in [0.15, 0.2) is 0 Å². The van der Waals surface area contributed by atoms with Gasteiger partial charge < -0.3 is 19.5 Å². The highest BCUT2D eigenvalue weighted by atomic mass is 16.5. The van der Waals surface area contributed by atoms with Crippen LogP contribution in [0.25, 0.3) is 0 Å². The molecule has 1 unspecified atom stereocenters. The summed E-state index contributed by atoms with van der Waals surface area (Å²) in [7, 11) is 5.17. The number of methoxy groups -OCH3 is 2. The summed E-state index contributed by atoms with van der Waals surface area (Å²) in [6, 6.07) is 13.7. The second kappa shape index (κ2) is 6.99. The molecule has 0 radical (unpaired) electrons. The minimum Gasteiger partial charge on any atom is -0.496 e. The SMILES string of the molecule is CNC(C)c1ccccc1Oc1cc(OC)cc(OC)c1. The summed E-state index contributed by atoms with van der Waals surface area (Å²) in [5.41, 5.74) is 1.10. The molecule has 0 spiro atoms. The van der Waals surface area contributed by atoms with Gasteiger partial charge in [-0.3, -0.25) is 0 Å². The number of hydrogen-bond acceptors (Lipinski definition) is 4. The Kier molecular flexibility index (Phi) is 5.06. The first-order valence-corrected chi connectivity index (χ1v) is 6.85. The number of hydrogen-bond donors (Lipinski definition) is 1. The second-order valence-electron chi connectivity index (χ2n) is 4.70. The largest absolute Gasteiger partial charge is 0.496 e. The molecule has 2 aromatic rings. The Bertz CT molecular complexity index is 576. The van der Waals surface area contributed by atoms with Crippen molar-refractivity contribution in [1.29, 1.82) is 0 Å². The van der Waals surface area contributed by atoms with Crippen molar-refractivity contribution < 1.29 is 14.2 Å². The highest BCUT2D eigenvalue weighted by Gasteiger charge is 2.11. The first kappa shape index (κ1) is 15.2. The molecule has 112 valence electrons. The van der Waals surface area contributed by atoms with E-state index in [0.717, 1.165) is 11.3 Å². The summed E-state index contributed by atoms with van der Waals surface area (Å²) in [5.74, 6) is 2.89. The maximum absolute atomic E-state index is 6.02. The maximum Gasteiger partial charge on any atom is 0.134 e. The molecule has 0 fully saturated rings. The highest BCUT2D eigenvalue weighted by molar-refractivity contribution is 5.45. The Morgan fingerprint density at radius 2 is 1.48 bits per heavy atom. The Morgan fingerprint density at radius 1 is 0.905 bits per heavy atom. The molecule has 0 aliphatic heterocycles. The summed E-state index contributed by atoms with van der Waals surface area (Å²) in [6.45, 7) is 2.09. The molecular formula is C17H21NO3. The molecule has 0 bridgehead atoms. The zero-order chi connectivity index (χ0) is 15.2. The van der Waals surface area contributed by atoms with Crippen LogP contribution in [0.4, 0.5) is 0 Å². The van der Waals surface area contributed by atoms with Crippen molar-refractivity contribution in [3.05, 3.63) is 48.0 Å². The lowest BCUT2D eigenvalue weighted by molar-refractivity contribution is 0.385. The minimum atomic E-state index is 0.203. The average molecular weight is 287 g/mol. The maximum atomic E-state index is 6.02. The molecule has 21 heavy (non-hydrogen) atoms. The Balaban J connectivity index is 2.34. The predicted molar refractivity (Wildman–Crippen MR) is 83.5 cm³/mol. The predicted octanol–water partition coefficient (Wildman–Crippen LogP) is 3.78. The summed E-state index contributed by atoms with van der Waals surface area (Å²) in [6.07, 6.45) is 0. The van der Waals surface area contributed by atoms with E-state index in [1.807, 2.05) is 49.5 Å². The third-order valence-electron chi connectivity index (χ3n) is 3.37. The van der Waals surface area contributed by atoms with Crippen molar-refractivity contribution in [2.45, 2.75) is 13.0 Å². The third kappa shape index (κ3) is 3.67. The zero-order valence-corrected chi connectivity index (χ0v) is 12.8. The van der Waals surface area contributed by atoms with Crippen LogP contribution in [0.3, 0.4) is 0 Å². The van der Waals surface area contributed by atoms with Crippen molar-refractivity contribution in [1.82, 2.24) is 5.32 Å². The lowest BCUT2D eigenvalue weighted by Gasteiger charge is -2.17. The molecule has 0 aliphatic carbocycles. The normalized spacial score (nSPS) is 11.8. The summed E-state index contributed by atoms with van der Waals surface area (Å²) in [5, 5.41) is 3.22. The fourth-order valence-corrected chi connectivity index (χ4v) is 2.05. The Hall–Kier alpha value is -2.20. The molecule has 4 heteroatoms. The molecular weight excluding hydrogens is 266 g/mol. The molecule has 1 atom stereocenters. The van der Waals surface area contributed by atoms with E-state index in [-0.39, 0.29) is 6.04 Å². The molecule has 4 nitrogen and oxygen atoms in total. The lowest BCUT2D eigenvalue weighted by Crippen LogP contribution is -2.13. The smallest absolute Gasteiger partial charge is 0.134 e. The molecule has 2 aromatic carbocycles. The van der Waals surface area contributed by atoms with E-state index in [1.165, 1.54) is 0 Å². The van der Waals surface area contributed by atoms with Crippen LogP contribution in [0.5, 0.6) is 23.0 Å². The van der Waals surface area contributed by atoms with E-state index >= 15 is 0 Å². The first-order chi connectivity index (χ1) is 10.2. The van der Waals surface area contributed by atoms with Crippen LogP contribution in [-0.4, -0.2) is 21.3 Å². The molecule has 0 aromatic heterocycles. The van der Waals surface area contributed by atoms with Gasteiger partial charge in [-0.05, 0) is 20.0 Å². The molecule has 0 saturated carbocycles. The molecule has 0 heterocycles. The number of rotatable bonds is 6. The first-order valence-electron chi connectivity index (χ1n) is 6.85. The molecule has 0 aliphatic rings. The van der Waals surface area contributed by atoms with Gasteiger partial charge in [-0.2, -0.15) is 0 Å². The van der Waals surface area contributed by atoms with Crippen LogP contribution in [-0.2, 0) is 0 Å². The number of nitrogens with one attached hydrogen (secondary N) is 1. The quantitative estimate of drug-likeness (QED) is 0.877. The zero-order valence-electron chi connectivity index (χ0n) is 12.8. The van der Waals surface area contributed by atoms with Crippen molar-refractivity contribution in [2.24, 2.45) is 0 Å². The van der Waals surface area contributed by atoms with Gasteiger partial charge in [0, 0.05) is 29.8 Å². The topological polar surface area (TPSA) is 39.7 Å². The summed E-state index contributed by atoms with van der Waals surface area (Å²) in [4.78, 5) is 0. The molecule has 0 amide bonds. The van der Waals surface area contributed by atoms with Crippen LogP contribution < -0.4 is 19.5 Å². The van der Waals surface area contributed by atoms with Gasteiger partial charge in [0.05, 0.1) is 14.2 Å². The summed E-state index contributed by atoms with van der Waals surface area (Å²) < 4.78 is 16.5. The monoisotopic (exact) mass is 287 g/mol. The van der Waals surface area contributed by atoms with Crippen molar-refractivity contribution in [2.75, 3.05) is 21.3 Å². The van der Waals surface area contributed by atoms with Crippen molar-refractivity contribution in [3.63, 3.8) is 0 Å². The van der Waals surface area contributed by atoms with Gasteiger partial charge in [0.1, 0.15) is 23.0 Å². The van der Waals surface area contributed by atoms with Crippen molar-refractivity contribution >= 4 is 0 Å². The van der Waals surface area contributed by atoms with Crippen LogP contribution in [0.1, 0.15) is 18.5 Å². The average Bonchev–Trinajstić information content (AvgIpc) is 2.54. The van der Waals surface area contributed by atoms with Gasteiger partial charge in [-0.25, -0.2) is 0 Å². The van der Waals surface area contributed by atoms with Gasteiger partial charge >= 0.3 is 0 Å². The Morgan fingerprint density at radius 3 is 2.05 bits per heavy atom. The number of ether oxygens (including phenoxy) is 3. The fourth-order valence-electron chi connectivity index (χ4n) is 2.05. The van der Waals surface area contributed by atoms with Crippen LogP contribution in [0.2, 0.25) is 0 Å². The van der Waals surface area contributed by atoms with E-state index in [2.05, 4.69) is 12.2 Å². The van der Waals surface area contributed by atoms with Gasteiger partial charge in [0.2, 0.25) is 0 Å². The minimum absolute atomic E-state index is 0.203. The summed E-state index contributed by atoms with van der Waals surface area (Å²) >= 11 is 0. The molecule has 0 saturated heterocycles. The van der Waals surface area contributed by atoms with Gasteiger partial charge in [-0.15, -0.1) is 0 Å². The lowest BCUT2D eigenvalue weighted by atomic mass is 10.1. The van der Waals surface area contributed by atoms with Crippen LogP contribution >= 0.6 is 0 Å². The number of benzene rings is 2. The van der Waals surface area contributed by atoms with Crippen molar-refractivity contribution in [3.8, 4) is 23.0 Å². The highest BCUT2D eigenvalue weighted by Crippen LogP contribution is 2.33. The van der Waals surface area contributed by atoms with E-state index in [9.17, 15) is 0 Å². The standard InChI is InChI=1S/C17H21NO3/c1-12(18-2)16-7-5-6-8-17(16)21-15-10-13(19-3)9-14(11-15)20-4/h5-12,18H,1-4H3. The van der Waals surface area contributed by atoms with E-state index < -0.39 is 0 Å². The van der Waals surface area contributed by atoms with E-state index in [1.54, 1.807) is 14.2 Å². The van der Waals surface area contributed by atoms with Crippen LogP contribution in [0, 0.1) is 0 Å². The molecule has 1 N–H and O–H groups in total. The van der Waals surface area contributed by atoms with Gasteiger partial charge in [-0.1, -0.05) is 18.2 Å². The third-order valence-corrected chi connectivity index (χ3v) is 3.37. The van der Waals surface area contributed by atoms with E-state index in [0.29, 0.717) is 17.2 Å². The van der Waals surface area contributed by atoms with Crippen LogP contribution in [0.15, 0.2) is 42.5 Å². The number of para-hydroxylation sites is 1. The second-order valence-corrected chi connectivity index (χ2v) is 4.70. The Labute approximate surface area is 125 Å². The fraction of sp³-hybridized carbons (Fsp3) is 0.294.